The summed E-state index contributed by atoms with van der Waals surface area (Å²) in [5.74, 6) is 0.721. The third kappa shape index (κ3) is 5.64. The molecule has 0 aromatic heterocycles. The summed E-state index contributed by atoms with van der Waals surface area (Å²) in [6.45, 7) is 0.993. The van der Waals surface area contributed by atoms with Crippen LogP contribution in [-0.2, 0) is 9.53 Å². The summed E-state index contributed by atoms with van der Waals surface area (Å²) in [6, 6.07) is 11.9. The lowest BCUT2D eigenvalue weighted by Crippen LogP contribution is -2.31. The van der Waals surface area contributed by atoms with Crippen molar-refractivity contribution in [1.82, 2.24) is 5.32 Å². The Morgan fingerprint density at radius 3 is 2.60 bits per heavy atom. The number of carbonyl (C=O) groups is 2. The topological polar surface area (TPSA) is 95.1 Å². The number of ether oxygens (including phenoxy) is 4. The van der Waals surface area contributed by atoms with E-state index in [1.807, 2.05) is 6.07 Å². The van der Waals surface area contributed by atoms with Gasteiger partial charge in [-0.15, -0.1) is 0 Å². The zero-order valence-electron chi connectivity index (χ0n) is 17.1. The van der Waals surface area contributed by atoms with Gasteiger partial charge in [-0.25, -0.2) is 0 Å². The van der Waals surface area contributed by atoms with Crippen LogP contribution in [0.2, 0.25) is 0 Å². The van der Waals surface area contributed by atoms with E-state index in [2.05, 4.69) is 10.6 Å². The standard InChI is InChI=1S/C22H26N2O6/c1-27-18-8-4-3-7-17(18)24-21(25)14-30-19-10-9-15(12-20(19)28-2)22(26)23-13-16-6-5-11-29-16/h3-4,7-10,12,16H,5-6,11,13-14H2,1-2H3,(H,23,26)(H,24,25)/t16-/m0/s1. The normalized spacial score (nSPS) is 15.3. The highest BCUT2D eigenvalue weighted by atomic mass is 16.5. The maximum absolute atomic E-state index is 12.4. The van der Waals surface area contributed by atoms with Crippen molar-refractivity contribution in [3.63, 3.8) is 0 Å². The molecule has 2 N–H and O–H groups in total. The molecule has 8 heteroatoms. The minimum absolute atomic E-state index is 0.0696. The molecule has 1 aliphatic rings. The van der Waals surface area contributed by atoms with Gasteiger partial charge in [0.15, 0.2) is 18.1 Å². The molecule has 1 aliphatic heterocycles. The monoisotopic (exact) mass is 414 g/mol. The van der Waals surface area contributed by atoms with Crippen molar-refractivity contribution in [3.8, 4) is 17.2 Å². The average Bonchev–Trinajstić information content (AvgIpc) is 3.30. The molecule has 0 spiro atoms. The molecule has 0 aliphatic carbocycles. The van der Waals surface area contributed by atoms with Crippen molar-refractivity contribution in [2.75, 3.05) is 39.3 Å². The SMILES string of the molecule is COc1ccccc1NC(=O)COc1ccc(C(=O)NC[C@@H]2CCCO2)cc1OC. The Morgan fingerprint density at radius 2 is 1.87 bits per heavy atom. The van der Waals surface area contributed by atoms with Gasteiger partial charge in [-0.05, 0) is 43.2 Å². The summed E-state index contributed by atoms with van der Waals surface area (Å²) in [5.41, 5.74) is 0.995. The van der Waals surface area contributed by atoms with Gasteiger partial charge in [-0.3, -0.25) is 9.59 Å². The van der Waals surface area contributed by atoms with Gasteiger partial charge < -0.3 is 29.6 Å². The smallest absolute Gasteiger partial charge is 0.262 e. The molecule has 8 nitrogen and oxygen atoms in total. The first-order valence-corrected chi connectivity index (χ1v) is 9.74. The van der Waals surface area contributed by atoms with E-state index >= 15 is 0 Å². The zero-order chi connectivity index (χ0) is 21.3. The number of carbonyl (C=O) groups excluding carboxylic acids is 2. The highest BCUT2D eigenvalue weighted by molar-refractivity contribution is 5.95. The van der Waals surface area contributed by atoms with Gasteiger partial charge >= 0.3 is 0 Å². The zero-order valence-corrected chi connectivity index (χ0v) is 17.1. The summed E-state index contributed by atoms with van der Waals surface area (Å²) in [6.07, 6.45) is 2.04. The Balaban J connectivity index is 1.56. The van der Waals surface area contributed by atoms with Gasteiger partial charge in [0.1, 0.15) is 5.75 Å². The van der Waals surface area contributed by atoms with Crippen LogP contribution in [0.5, 0.6) is 17.2 Å². The second-order valence-electron chi connectivity index (χ2n) is 6.75. The van der Waals surface area contributed by atoms with E-state index in [-0.39, 0.29) is 24.5 Å². The first kappa shape index (κ1) is 21.4. The second kappa shape index (κ2) is 10.5. The predicted octanol–water partition coefficient (Wildman–Crippen LogP) is 2.63. The van der Waals surface area contributed by atoms with Crippen molar-refractivity contribution in [2.45, 2.75) is 18.9 Å². The predicted molar refractivity (Wildman–Crippen MR) is 111 cm³/mol. The molecule has 0 saturated carbocycles. The van der Waals surface area contributed by atoms with Crippen LogP contribution in [-0.4, -0.2) is 51.9 Å². The van der Waals surface area contributed by atoms with E-state index in [9.17, 15) is 9.59 Å². The number of benzene rings is 2. The van der Waals surface area contributed by atoms with Crippen LogP contribution in [0, 0.1) is 0 Å². The van der Waals surface area contributed by atoms with Gasteiger partial charge in [-0.2, -0.15) is 0 Å². The molecule has 2 aromatic rings. The van der Waals surface area contributed by atoms with Crippen LogP contribution >= 0.6 is 0 Å². The fraction of sp³-hybridized carbons (Fsp3) is 0.364. The van der Waals surface area contributed by atoms with Crippen LogP contribution in [0.1, 0.15) is 23.2 Å². The van der Waals surface area contributed by atoms with E-state index in [0.717, 1.165) is 19.4 Å². The van der Waals surface area contributed by atoms with Gasteiger partial charge in [0.2, 0.25) is 0 Å². The molecule has 1 heterocycles. The van der Waals surface area contributed by atoms with Crippen LogP contribution in [0.4, 0.5) is 5.69 Å². The molecule has 1 atom stereocenters. The maximum Gasteiger partial charge on any atom is 0.262 e. The summed E-state index contributed by atoms with van der Waals surface area (Å²) < 4.78 is 21.6. The van der Waals surface area contributed by atoms with Gasteiger partial charge in [-0.1, -0.05) is 12.1 Å². The van der Waals surface area contributed by atoms with Crippen molar-refractivity contribution in [3.05, 3.63) is 48.0 Å². The third-order valence-corrected chi connectivity index (χ3v) is 4.68. The Labute approximate surface area is 175 Å². The lowest BCUT2D eigenvalue weighted by Gasteiger charge is -2.14. The van der Waals surface area contributed by atoms with E-state index in [1.54, 1.807) is 36.4 Å². The molecule has 1 fully saturated rings. The molecule has 0 radical (unpaired) electrons. The Hall–Kier alpha value is -3.26. The first-order chi connectivity index (χ1) is 14.6. The first-order valence-electron chi connectivity index (χ1n) is 9.74. The van der Waals surface area contributed by atoms with Crippen molar-refractivity contribution < 1.29 is 28.5 Å². The number of hydrogen-bond acceptors (Lipinski definition) is 6. The number of anilines is 1. The molecule has 2 aromatic carbocycles. The van der Waals surface area contributed by atoms with Crippen LogP contribution in [0.15, 0.2) is 42.5 Å². The lowest BCUT2D eigenvalue weighted by atomic mass is 10.1. The molecule has 30 heavy (non-hydrogen) atoms. The molecule has 160 valence electrons. The highest BCUT2D eigenvalue weighted by Crippen LogP contribution is 2.28. The van der Waals surface area contributed by atoms with E-state index < -0.39 is 0 Å². The highest BCUT2D eigenvalue weighted by Gasteiger charge is 2.18. The molecule has 3 rings (SSSR count). The quantitative estimate of drug-likeness (QED) is 0.655. The van der Waals surface area contributed by atoms with Crippen molar-refractivity contribution >= 4 is 17.5 Å². The minimum Gasteiger partial charge on any atom is -0.495 e. The van der Waals surface area contributed by atoms with Crippen molar-refractivity contribution in [1.29, 1.82) is 0 Å². The van der Waals surface area contributed by atoms with Crippen LogP contribution < -0.4 is 24.8 Å². The molecule has 0 unspecified atom stereocenters. The summed E-state index contributed by atoms with van der Waals surface area (Å²) in [7, 11) is 3.01. The number of amides is 2. The number of rotatable bonds is 9. The molecular weight excluding hydrogens is 388 g/mol. The van der Waals surface area contributed by atoms with E-state index in [4.69, 9.17) is 18.9 Å². The van der Waals surface area contributed by atoms with Crippen molar-refractivity contribution in [2.24, 2.45) is 0 Å². The van der Waals surface area contributed by atoms with Crippen LogP contribution in [0.3, 0.4) is 0 Å². The Morgan fingerprint density at radius 1 is 1.07 bits per heavy atom. The Bertz CT molecular complexity index is 880. The third-order valence-electron chi connectivity index (χ3n) is 4.68. The van der Waals surface area contributed by atoms with E-state index in [0.29, 0.717) is 35.0 Å². The maximum atomic E-state index is 12.4. The molecule has 2 amide bonds. The second-order valence-corrected chi connectivity index (χ2v) is 6.75. The fourth-order valence-corrected chi connectivity index (χ4v) is 3.12. The average molecular weight is 414 g/mol. The number of nitrogens with one attached hydrogen (secondary N) is 2. The fourth-order valence-electron chi connectivity index (χ4n) is 3.12. The van der Waals surface area contributed by atoms with Gasteiger partial charge in [0, 0.05) is 18.7 Å². The number of methoxy groups -OCH3 is 2. The minimum atomic E-state index is -0.347. The summed E-state index contributed by atoms with van der Waals surface area (Å²) >= 11 is 0. The summed E-state index contributed by atoms with van der Waals surface area (Å²) in [4.78, 5) is 24.6. The molecule has 1 saturated heterocycles. The van der Waals surface area contributed by atoms with E-state index in [1.165, 1.54) is 14.2 Å². The van der Waals surface area contributed by atoms with Gasteiger partial charge in [0.05, 0.1) is 26.0 Å². The lowest BCUT2D eigenvalue weighted by molar-refractivity contribution is -0.118. The largest absolute Gasteiger partial charge is 0.495 e. The number of para-hydroxylation sites is 2. The number of hydrogen-bond donors (Lipinski definition) is 2. The summed E-state index contributed by atoms with van der Waals surface area (Å²) in [5, 5.41) is 5.60. The molecule has 0 bridgehead atoms. The van der Waals surface area contributed by atoms with Crippen LogP contribution in [0.25, 0.3) is 0 Å². The molecular formula is C22H26N2O6. The Kier molecular flexibility index (Phi) is 7.51. The van der Waals surface area contributed by atoms with Gasteiger partial charge in [0.25, 0.3) is 11.8 Å².